The Morgan fingerprint density at radius 3 is 2.40 bits per heavy atom. The standard InChI is InChI=1S/C24H22F6N4O5S/c1-10-5-17-20-18(9-19(21(17)38-10)39-40(36,37)24(28,29)30)22(33-12(3)32-20)31-11(2)14-6-15(23(25,26)27)8-16(7-14)34-13(4)35/h6-11H,5H2,1-4H3,(H,34,35)(H,31,32,33). The van der Waals surface area contributed by atoms with Crippen LogP contribution in [0.1, 0.15) is 49.3 Å². The maximum absolute atomic E-state index is 13.6. The Bertz CT molecular complexity index is 1610. The van der Waals surface area contributed by atoms with Gasteiger partial charge in [-0.3, -0.25) is 4.79 Å². The van der Waals surface area contributed by atoms with Crippen molar-refractivity contribution in [3.63, 3.8) is 0 Å². The summed E-state index contributed by atoms with van der Waals surface area (Å²) in [5, 5.41) is 5.29. The topological polar surface area (TPSA) is 120 Å². The number of carbonyl (C=O) groups is 1. The molecule has 0 aliphatic carbocycles. The molecule has 2 heterocycles. The monoisotopic (exact) mass is 592 g/mol. The number of amides is 1. The van der Waals surface area contributed by atoms with Crippen LogP contribution in [-0.4, -0.2) is 35.9 Å². The van der Waals surface area contributed by atoms with Gasteiger partial charge in [0.1, 0.15) is 17.7 Å². The fraction of sp³-hybridized carbons (Fsp3) is 0.375. The number of carbonyl (C=O) groups excluding carboxylic acids is 1. The van der Waals surface area contributed by atoms with E-state index in [2.05, 4.69) is 24.8 Å². The second-order valence-corrected chi connectivity index (χ2v) is 10.7. The van der Waals surface area contributed by atoms with E-state index in [4.69, 9.17) is 4.74 Å². The van der Waals surface area contributed by atoms with E-state index in [1.54, 1.807) is 6.92 Å². The molecule has 216 valence electrons. The van der Waals surface area contributed by atoms with E-state index >= 15 is 0 Å². The van der Waals surface area contributed by atoms with Gasteiger partial charge in [-0.2, -0.15) is 34.8 Å². The molecule has 0 saturated carbocycles. The fourth-order valence-corrected chi connectivity index (χ4v) is 4.67. The molecule has 4 rings (SSSR count). The van der Waals surface area contributed by atoms with Gasteiger partial charge in [-0.1, -0.05) is 0 Å². The highest BCUT2D eigenvalue weighted by Gasteiger charge is 2.49. The first-order chi connectivity index (χ1) is 18.4. The third-order valence-corrected chi connectivity index (χ3v) is 6.83. The molecule has 0 saturated heterocycles. The summed E-state index contributed by atoms with van der Waals surface area (Å²) in [5.74, 6) is -1.34. The first-order valence-corrected chi connectivity index (χ1v) is 13.0. The molecule has 40 heavy (non-hydrogen) atoms. The Morgan fingerprint density at radius 1 is 1.12 bits per heavy atom. The number of aryl methyl sites for hydroxylation is 1. The van der Waals surface area contributed by atoms with Crippen molar-refractivity contribution in [2.45, 2.75) is 57.9 Å². The van der Waals surface area contributed by atoms with Crippen molar-refractivity contribution >= 4 is 38.4 Å². The lowest BCUT2D eigenvalue weighted by Crippen LogP contribution is -2.28. The van der Waals surface area contributed by atoms with Crippen molar-refractivity contribution in [2.75, 3.05) is 10.6 Å². The Balaban J connectivity index is 1.84. The molecule has 0 fully saturated rings. The van der Waals surface area contributed by atoms with E-state index in [1.165, 1.54) is 19.9 Å². The zero-order chi connectivity index (χ0) is 29.8. The van der Waals surface area contributed by atoms with Crippen molar-refractivity contribution in [3.05, 3.63) is 46.8 Å². The molecule has 1 aliphatic rings. The van der Waals surface area contributed by atoms with Crippen molar-refractivity contribution in [1.29, 1.82) is 0 Å². The van der Waals surface area contributed by atoms with Crippen LogP contribution in [-0.2, 0) is 27.5 Å². The summed E-state index contributed by atoms with van der Waals surface area (Å²) in [6.45, 7) is 5.78. The van der Waals surface area contributed by atoms with Crippen LogP contribution in [0.4, 0.5) is 37.8 Å². The molecule has 9 nitrogen and oxygen atoms in total. The number of aromatic nitrogens is 2. The van der Waals surface area contributed by atoms with Gasteiger partial charge in [0.05, 0.1) is 17.1 Å². The molecular formula is C24H22F6N4O5S. The minimum absolute atomic E-state index is 0.00917. The normalized spacial score (nSPS) is 16.3. The lowest BCUT2D eigenvalue weighted by molar-refractivity contribution is -0.137. The molecule has 1 aromatic heterocycles. The molecule has 1 aliphatic heterocycles. The molecule has 2 aromatic carbocycles. The van der Waals surface area contributed by atoms with Crippen LogP contribution in [0, 0.1) is 6.92 Å². The van der Waals surface area contributed by atoms with Crippen molar-refractivity contribution in [2.24, 2.45) is 0 Å². The highest BCUT2D eigenvalue weighted by molar-refractivity contribution is 7.88. The van der Waals surface area contributed by atoms with Crippen LogP contribution in [0.5, 0.6) is 11.5 Å². The Kier molecular flexibility index (Phi) is 7.28. The van der Waals surface area contributed by atoms with Gasteiger partial charge < -0.3 is 19.6 Å². The largest absolute Gasteiger partial charge is 0.534 e. The van der Waals surface area contributed by atoms with Gasteiger partial charge >= 0.3 is 21.8 Å². The maximum atomic E-state index is 13.6. The average Bonchev–Trinajstić information content (AvgIpc) is 3.19. The number of rotatable bonds is 6. The Morgan fingerprint density at radius 2 is 1.80 bits per heavy atom. The van der Waals surface area contributed by atoms with E-state index in [0.717, 1.165) is 25.1 Å². The van der Waals surface area contributed by atoms with Gasteiger partial charge in [-0.15, -0.1) is 0 Å². The molecule has 2 unspecified atom stereocenters. The molecule has 1 amide bonds. The summed E-state index contributed by atoms with van der Waals surface area (Å²) in [6.07, 6.45) is -5.11. The summed E-state index contributed by atoms with van der Waals surface area (Å²) < 4.78 is 113. The number of nitrogens with zero attached hydrogens (tertiary/aromatic N) is 2. The third-order valence-electron chi connectivity index (χ3n) is 5.87. The van der Waals surface area contributed by atoms with Crippen LogP contribution in [0.3, 0.4) is 0 Å². The lowest BCUT2D eigenvalue weighted by Gasteiger charge is -2.20. The second-order valence-electron chi connectivity index (χ2n) is 9.20. The van der Waals surface area contributed by atoms with Gasteiger partial charge in [0.15, 0.2) is 11.5 Å². The summed E-state index contributed by atoms with van der Waals surface area (Å²) in [5.41, 5.74) is -6.23. The minimum atomic E-state index is -6.06. The minimum Gasteiger partial charge on any atom is -0.486 e. The number of hydrogen-bond acceptors (Lipinski definition) is 8. The number of nitrogens with one attached hydrogen (secondary N) is 2. The molecule has 3 aromatic rings. The predicted molar refractivity (Wildman–Crippen MR) is 131 cm³/mol. The summed E-state index contributed by atoms with van der Waals surface area (Å²) in [7, 11) is -6.06. The van der Waals surface area contributed by atoms with Crippen LogP contribution in [0.2, 0.25) is 0 Å². The number of halogens is 6. The molecule has 0 radical (unpaired) electrons. The number of ether oxygens (including phenoxy) is 1. The van der Waals surface area contributed by atoms with Gasteiger partial charge in [0.25, 0.3) is 0 Å². The quantitative estimate of drug-likeness (QED) is 0.215. The maximum Gasteiger partial charge on any atom is 0.534 e. The zero-order valence-electron chi connectivity index (χ0n) is 21.3. The zero-order valence-corrected chi connectivity index (χ0v) is 22.1. The summed E-state index contributed by atoms with van der Waals surface area (Å²) >= 11 is 0. The van der Waals surface area contributed by atoms with E-state index < -0.39 is 51.2 Å². The molecule has 0 spiro atoms. The third kappa shape index (κ3) is 5.85. The molecular weight excluding hydrogens is 570 g/mol. The Hall–Kier alpha value is -3.82. The molecule has 0 bridgehead atoms. The summed E-state index contributed by atoms with van der Waals surface area (Å²) in [6, 6.07) is 3.05. The molecule has 16 heteroatoms. The van der Waals surface area contributed by atoms with E-state index in [-0.39, 0.29) is 51.5 Å². The van der Waals surface area contributed by atoms with Crippen LogP contribution in [0.15, 0.2) is 24.3 Å². The van der Waals surface area contributed by atoms with Crippen LogP contribution < -0.4 is 19.6 Å². The Labute approximate surface area is 224 Å². The number of hydrogen-bond donors (Lipinski definition) is 2. The SMILES string of the molecule is CC(=O)Nc1cc(C(C)Nc2nc(C)nc3c4c(c(OS(=O)(=O)C(F)(F)F)cc23)OC(C)C4)cc(C(F)(F)F)c1. The smallest absolute Gasteiger partial charge is 0.486 e. The van der Waals surface area contributed by atoms with Crippen molar-refractivity contribution in [1.82, 2.24) is 9.97 Å². The molecule has 2 N–H and O–H groups in total. The first-order valence-electron chi connectivity index (χ1n) is 11.6. The second kappa shape index (κ2) is 9.98. The van der Waals surface area contributed by atoms with Crippen LogP contribution in [0.25, 0.3) is 10.9 Å². The van der Waals surface area contributed by atoms with E-state index in [9.17, 15) is 39.6 Å². The fourth-order valence-electron chi connectivity index (χ4n) is 4.22. The van der Waals surface area contributed by atoms with Crippen molar-refractivity contribution in [3.8, 4) is 11.5 Å². The van der Waals surface area contributed by atoms with Gasteiger partial charge in [0, 0.05) is 30.0 Å². The first kappa shape index (κ1) is 29.2. The summed E-state index contributed by atoms with van der Waals surface area (Å²) in [4.78, 5) is 20.1. The van der Waals surface area contributed by atoms with E-state index in [0.29, 0.717) is 0 Å². The van der Waals surface area contributed by atoms with E-state index in [1.807, 2.05) is 0 Å². The number of fused-ring (bicyclic) bond motifs is 3. The molecule has 2 atom stereocenters. The number of alkyl halides is 6. The van der Waals surface area contributed by atoms with Gasteiger partial charge in [0.2, 0.25) is 5.91 Å². The number of benzene rings is 2. The predicted octanol–water partition coefficient (Wildman–Crippen LogP) is 5.64. The van der Waals surface area contributed by atoms with Crippen LogP contribution >= 0.6 is 0 Å². The average molecular weight is 593 g/mol. The highest BCUT2D eigenvalue weighted by Crippen LogP contribution is 2.46. The van der Waals surface area contributed by atoms with Gasteiger partial charge in [-0.05, 0) is 50.6 Å². The van der Waals surface area contributed by atoms with Crippen molar-refractivity contribution < 1.29 is 48.5 Å². The number of anilines is 2. The lowest BCUT2D eigenvalue weighted by atomic mass is 10.0. The highest BCUT2D eigenvalue weighted by atomic mass is 32.2. The van der Waals surface area contributed by atoms with Gasteiger partial charge in [-0.25, -0.2) is 9.97 Å².